The maximum absolute atomic E-state index is 13.5. The summed E-state index contributed by atoms with van der Waals surface area (Å²) in [5.41, 5.74) is 0.0712. The molecule has 25 heavy (non-hydrogen) atoms. The summed E-state index contributed by atoms with van der Waals surface area (Å²) in [6.45, 7) is 6.72. The lowest BCUT2D eigenvalue weighted by atomic mass is 9.69. The van der Waals surface area contributed by atoms with E-state index in [4.69, 9.17) is 0 Å². The molecule has 0 aliphatic heterocycles. The van der Waals surface area contributed by atoms with Crippen LogP contribution in [0.2, 0.25) is 0 Å². The van der Waals surface area contributed by atoms with Crippen molar-refractivity contribution in [3.63, 3.8) is 0 Å². The SMILES string of the molecule is CCC(C)(C)C1CCC(NC(=O)C(=O)Nc2ccc(F)cc2F)CC1. The van der Waals surface area contributed by atoms with Crippen molar-refractivity contribution >= 4 is 17.5 Å². The Morgan fingerprint density at radius 3 is 2.32 bits per heavy atom. The minimum Gasteiger partial charge on any atom is -0.345 e. The predicted molar refractivity (Wildman–Crippen MR) is 92.9 cm³/mol. The van der Waals surface area contributed by atoms with Crippen molar-refractivity contribution in [3.05, 3.63) is 29.8 Å². The van der Waals surface area contributed by atoms with Crippen molar-refractivity contribution in [1.82, 2.24) is 5.32 Å². The van der Waals surface area contributed by atoms with Gasteiger partial charge in [0.25, 0.3) is 0 Å². The second-order valence-electron chi connectivity index (χ2n) is 7.44. The number of benzene rings is 1. The number of rotatable bonds is 4. The molecule has 0 bridgehead atoms. The monoisotopic (exact) mass is 352 g/mol. The van der Waals surface area contributed by atoms with Crippen LogP contribution >= 0.6 is 0 Å². The van der Waals surface area contributed by atoms with E-state index in [1.807, 2.05) is 0 Å². The normalized spacial score (nSPS) is 20.8. The average molecular weight is 352 g/mol. The number of carbonyl (C=O) groups is 2. The van der Waals surface area contributed by atoms with Gasteiger partial charge < -0.3 is 10.6 Å². The lowest BCUT2D eigenvalue weighted by Crippen LogP contribution is -2.44. The Kier molecular flexibility index (Phi) is 6.14. The number of anilines is 1. The standard InChI is InChI=1S/C19H26F2N2O2/c1-4-19(2,3)12-5-8-14(9-6-12)22-17(24)18(25)23-16-10-7-13(20)11-15(16)21/h7,10-12,14H,4-6,8-9H2,1-3H3,(H,22,24)(H,23,25). The first kappa shape index (κ1) is 19.3. The van der Waals surface area contributed by atoms with Crippen molar-refractivity contribution in [2.45, 2.75) is 58.9 Å². The Morgan fingerprint density at radius 1 is 1.12 bits per heavy atom. The Hall–Kier alpha value is -1.98. The minimum atomic E-state index is -0.943. The van der Waals surface area contributed by atoms with Crippen molar-refractivity contribution in [1.29, 1.82) is 0 Å². The van der Waals surface area contributed by atoms with Gasteiger partial charge in [0.2, 0.25) is 0 Å². The van der Waals surface area contributed by atoms with Gasteiger partial charge in [0.1, 0.15) is 11.6 Å². The first-order chi connectivity index (χ1) is 11.7. The molecule has 2 N–H and O–H groups in total. The van der Waals surface area contributed by atoms with Crippen molar-refractivity contribution in [3.8, 4) is 0 Å². The molecule has 0 saturated heterocycles. The number of nitrogens with one attached hydrogen (secondary N) is 2. The van der Waals surface area contributed by atoms with Gasteiger partial charge in [0.15, 0.2) is 0 Å². The van der Waals surface area contributed by atoms with Crippen LogP contribution < -0.4 is 10.6 Å². The molecular weight excluding hydrogens is 326 g/mol. The number of hydrogen-bond donors (Lipinski definition) is 2. The van der Waals surface area contributed by atoms with Gasteiger partial charge in [-0.15, -0.1) is 0 Å². The summed E-state index contributed by atoms with van der Waals surface area (Å²) in [6, 6.07) is 2.73. The molecule has 1 aliphatic carbocycles. The summed E-state index contributed by atoms with van der Waals surface area (Å²) in [4.78, 5) is 23.9. The van der Waals surface area contributed by atoms with Gasteiger partial charge in [-0.2, -0.15) is 0 Å². The van der Waals surface area contributed by atoms with Crippen LogP contribution in [0.15, 0.2) is 18.2 Å². The van der Waals surface area contributed by atoms with E-state index in [0.29, 0.717) is 12.0 Å². The number of amides is 2. The van der Waals surface area contributed by atoms with E-state index >= 15 is 0 Å². The van der Waals surface area contributed by atoms with Crippen molar-refractivity contribution < 1.29 is 18.4 Å². The molecule has 138 valence electrons. The minimum absolute atomic E-state index is 0.0415. The molecule has 1 aromatic rings. The Labute approximate surface area is 147 Å². The molecule has 2 amide bonds. The van der Waals surface area contributed by atoms with E-state index in [1.165, 1.54) is 0 Å². The molecule has 1 aliphatic rings. The van der Waals surface area contributed by atoms with E-state index in [0.717, 1.165) is 44.2 Å². The quantitative estimate of drug-likeness (QED) is 0.804. The molecule has 0 heterocycles. The zero-order chi connectivity index (χ0) is 18.6. The van der Waals surface area contributed by atoms with Crippen LogP contribution in [0.4, 0.5) is 14.5 Å². The molecule has 2 rings (SSSR count). The van der Waals surface area contributed by atoms with E-state index in [2.05, 4.69) is 31.4 Å². The summed E-state index contributed by atoms with van der Waals surface area (Å²) in [5, 5.41) is 4.89. The number of halogens is 2. The molecule has 0 unspecified atom stereocenters. The Balaban J connectivity index is 1.85. The highest BCUT2D eigenvalue weighted by Gasteiger charge is 2.32. The molecule has 4 nitrogen and oxygen atoms in total. The van der Waals surface area contributed by atoms with Crippen LogP contribution in [0.1, 0.15) is 52.9 Å². The first-order valence-corrected chi connectivity index (χ1v) is 8.80. The molecule has 1 saturated carbocycles. The van der Waals surface area contributed by atoms with Crippen LogP contribution in [0.5, 0.6) is 0 Å². The van der Waals surface area contributed by atoms with E-state index in [-0.39, 0.29) is 17.1 Å². The van der Waals surface area contributed by atoms with Crippen molar-refractivity contribution in [2.24, 2.45) is 11.3 Å². The fourth-order valence-electron chi connectivity index (χ4n) is 3.33. The van der Waals surface area contributed by atoms with Gasteiger partial charge in [-0.3, -0.25) is 9.59 Å². The maximum Gasteiger partial charge on any atom is 0.313 e. The smallest absolute Gasteiger partial charge is 0.313 e. The van der Waals surface area contributed by atoms with Crippen LogP contribution in [-0.2, 0) is 9.59 Å². The fraction of sp³-hybridized carbons (Fsp3) is 0.579. The maximum atomic E-state index is 13.5. The number of hydrogen-bond acceptors (Lipinski definition) is 2. The van der Waals surface area contributed by atoms with E-state index < -0.39 is 23.4 Å². The van der Waals surface area contributed by atoms with Gasteiger partial charge in [0, 0.05) is 12.1 Å². The zero-order valence-electron chi connectivity index (χ0n) is 15.0. The molecule has 6 heteroatoms. The lowest BCUT2D eigenvalue weighted by Gasteiger charge is -2.39. The topological polar surface area (TPSA) is 58.2 Å². The van der Waals surface area contributed by atoms with Gasteiger partial charge in [-0.05, 0) is 49.1 Å². The predicted octanol–water partition coefficient (Wildman–Crippen LogP) is 4.01. The zero-order valence-corrected chi connectivity index (χ0v) is 15.0. The van der Waals surface area contributed by atoms with Gasteiger partial charge >= 0.3 is 11.8 Å². The Bertz CT molecular complexity index is 638. The second kappa shape index (κ2) is 7.93. The summed E-state index contributed by atoms with van der Waals surface area (Å²) in [7, 11) is 0. The highest BCUT2D eigenvalue weighted by Crippen LogP contribution is 2.40. The molecular formula is C19H26F2N2O2. The van der Waals surface area contributed by atoms with Crippen LogP contribution in [0, 0.1) is 23.0 Å². The fourth-order valence-corrected chi connectivity index (χ4v) is 3.33. The summed E-state index contributed by atoms with van der Waals surface area (Å²) >= 11 is 0. The van der Waals surface area contributed by atoms with Gasteiger partial charge in [-0.1, -0.05) is 27.2 Å². The summed E-state index contributed by atoms with van der Waals surface area (Å²) < 4.78 is 26.4. The van der Waals surface area contributed by atoms with Crippen molar-refractivity contribution in [2.75, 3.05) is 5.32 Å². The highest BCUT2D eigenvalue weighted by molar-refractivity contribution is 6.39. The Morgan fingerprint density at radius 2 is 1.76 bits per heavy atom. The molecule has 0 radical (unpaired) electrons. The molecule has 1 aromatic carbocycles. The number of carbonyl (C=O) groups excluding carboxylic acids is 2. The highest BCUT2D eigenvalue weighted by atomic mass is 19.1. The van der Waals surface area contributed by atoms with Crippen LogP contribution in [0.25, 0.3) is 0 Å². The molecule has 1 fully saturated rings. The largest absolute Gasteiger partial charge is 0.345 e. The van der Waals surface area contributed by atoms with Gasteiger partial charge in [0.05, 0.1) is 5.69 Å². The van der Waals surface area contributed by atoms with E-state index in [9.17, 15) is 18.4 Å². The second-order valence-corrected chi connectivity index (χ2v) is 7.44. The molecule has 0 spiro atoms. The first-order valence-electron chi connectivity index (χ1n) is 8.80. The summed E-state index contributed by atoms with van der Waals surface area (Å²) in [6.07, 6.45) is 4.80. The third-order valence-electron chi connectivity index (χ3n) is 5.46. The summed E-state index contributed by atoms with van der Waals surface area (Å²) in [5.74, 6) is -2.77. The van der Waals surface area contributed by atoms with Crippen LogP contribution in [0.3, 0.4) is 0 Å². The van der Waals surface area contributed by atoms with Crippen LogP contribution in [-0.4, -0.2) is 17.9 Å². The molecule has 0 aromatic heterocycles. The van der Waals surface area contributed by atoms with E-state index in [1.54, 1.807) is 0 Å². The third kappa shape index (κ3) is 5.00. The van der Waals surface area contributed by atoms with Gasteiger partial charge in [-0.25, -0.2) is 8.78 Å². The third-order valence-corrected chi connectivity index (χ3v) is 5.46. The average Bonchev–Trinajstić information content (AvgIpc) is 2.57. The molecule has 0 atom stereocenters. The lowest BCUT2D eigenvalue weighted by molar-refractivity contribution is -0.136.